The van der Waals surface area contributed by atoms with Gasteiger partial charge >= 0.3 is 0 Å². The summed E-state index contributed by atoms with van der Waals surface area (Å²) in [6, 6.07) is 8.59. The Balaban J connectivity index is 2.03. The molecule has 2 nitrogen and oxygen atoms in total. The molecule has 0 bridgehead atoms. The molecule has 0 amide bonds. The van der Waals surface area contributed by atoms with E-state index < -0.39 is 0 Å². The molecule has 1 aromatic carbocycles. The maximum Gasteiger partial charge on any atom is 0.0552 e. The molecule has 2 heteroatoms. The Morgan fingerprint density at radius 2 is 1.80 bits per heavy atom. The van der Waals surface area contributed by atoms with Gasteiger partial charge in [-0.05, 0) is 43.9 Å². The molecule has 1 aliphatic rings. The van der Waals surface area contributed by atoms with E-state index in [2.05, 4.69) is 29.2 Å². The van der Waals surface area contributed by atoms with Crippen molar-refractivity contribution >= 4 is 5.69 Å². The highest BCUT2D eigenvalue weighted by atomic mass is 16.3. The lowest BCUT2D eigenvalue weighted by Gasteiger charge is -2.17. The van der Waals surface area contributed by atoms with Crippen molar-refractivity contribution < 1.29 is 5.11 Å². The molecular weight excluding hydrogens is 186 g/mol. The van der Waals surface area contributed by atoms with Gasteiger partial charge in [0.25, 0.3) is 0 Å². The predicted molar refractivity (Wildman–Crippen MR) is 63.3 cm³/mol. The fourth-order valence-corrected chi connectivity index (χ4v) is 2.16. The molecule has 1 aliphatic heterocycles. The van der Waals surface area contributed by atoms with Gasteiger partial charge in [-0.1, -0.05) is 12.1 Å². The monoisotopic (exact) mass is 205 g/mol. The van der Waals surface area contributed by atoms with Gasteiger partial charge in [0.15, 0.2) is 0 Å². The topological polar surface area (TPSA) is 23.5 Å². The average Bonchev–Trinajstić information content (AvgIpc) is 2.71. The summed E-state index contributed by atoms with van der Waals surface area (Å²) in [5, 5.41) is 9.28. The van der Waals surface area contributed by atoms with E-state index in [0.29, 0.717) is 0 Å². The zero-order valence-corrected chi connectivity index (χ0v) is 9.32. The van der Waals surface area contributed by atoms with E-state index in [-0.39, 0.29) is 6.10 Å². The Hall–Kier alpha value is -1.02. The van der Waals surface area contributed by atoms with E-state index >= 15 is 0 Å². The summed E-state index contributed by atoms with van der Waals surface area (Å²) in [4.78, 5) is 2.42. The molecule has 15 heavy (non-hydrogen) atoms. The van der Waals surface area contributed by atoms with Gasteiger partial charge in [-0.2, -0.15) is 0 Å². The van der Waals surface area contributed by atoms with Gasteiger partial charge in [0.05, 0.1) is 6.10 Å². The van der Waals surface area contributed by atoms with Crippen LogP contribution in [0.4, 0.5) is 5.69 Å². The van der Waals surface area contributed by atoms with Crippen LogP contribution >= 0.6 is 0 Å². The lowest BCUT2D eigenvalue weighted by atomic mass is 10.1. The SMILES string of the molecule is C[C@H](O)Cc1ccc(N2CCCC2)cc1. The largest absolute Gasteiger partial charge is 0.393 e. The molecule has 82 valence electrons. The molecule has 0 saturated carbocycles. The molecule has 1 aromatic rings. The lowest BCUT2D eigenvalue weighted by Crippen LogP contribution is -2.17. The number of aliphatic hydroxyl groups is 1. The second-order valence-electron chi connectivity index (χ2n) is 4.41. The van der Waals surface area contributed by atoms with E-state index in [0.717, 1.165) is 6.42 Å². The standard InChI is InChI=1S/C13H19NO/c1-11(15)10-12-4-6-13(7-5-12)14-8-2-3-9-14/h4-7,11,15H,2-3,8-10H2,1H3/t11-/m0/s1. The molecule has 1 heterocycles. The van der Waals surface area contributed by atoms with Crippen LogP contribution in [-0.4, -0.2) is 24.3 Å². The highest BCUT2D eigenvalue weighted by Crippen LogP contribution is 2.20. The summed E-state index contributed by atoms with van der Waals surface area (Å²) in [5.41, 5.74) is 2.54. The van der Waals surface area contributed by atoms with Crippen LogP contribution in [0.1, 0.15) is 25.3 Å². The first-order valence-electron chi connectivity index (χ1n) is 5.77. The van der Waals surface area contributed by atoms with Crippen molar-refractivity contribution in [2.45, 2.75) is 32.3 Å². The number of anilines is 1. The summed E-state index contributed by atoms with van der Waals surface area (Å²) in [6.07, 6.45) is 3.13. The number of nitrogens with zero attached hydrogens (tertiary/aromatic N) is 1. The Morgan fingerprint density at radius 3 is 2.33 bits per heavy atom. The third kappa shape index (κ3) is 2.72. The molecular formula is C13H19NO. The van der Waals surface area contributed by atoms with Crippen LogP contribution in [0.5, 0.6) is 0 Å². The Morgan fingerprint density at radius 1 is 1.20 bits per heavy atom. The second kappa shape index (κ2) is 4.67. The molecule has 0 spiro atoms. The normalized spacial score (nSPS) is 18.1. The summed E-state index contributed by atoms with van der Waals surface area (Å²) in [6.45, 7) is 4.21. The van der Waals surface area contributed by atoms with Gasteiger partial charge in [0.1, 0.15) is 0 Å². The maximum absolute atomic E-state index is 9.28. The van der Waals surface area contributed by atoms with Crippen molar-refractivity contribution in [2.24, 2.45) is 0 Å². The molecule has 1 saturated heterocycles. The van der Waals surface area contributed by atoms with Crippen LogP contribution in [0.3, 0.4) is 0 Å². The van der Waals surface area contributed by atoms with Crippen LogP contribution in [0.15, 0.2) is 24.3 Å². The van der Waals surface area contributed by atoms with Gasteiger partial charge < -0.3 is 10.0 Å². The first kappa shape index (κ1) is 10.5. The highest BCUT2D eigenvalue weighted by Gasteiger charge is 2.11. The summed E-state index contributed by atoms with van der Waals surface area (Å²) < 4.78 is 0. The maximum atomic E-state index is 9.28. The fourth-order valence-electron chi connectivity index (χ4n) is 2.16. The zero-order valence-electron chi connectivity index (χ0n) is 9.32. The van der Waals surface area contributed by atoms with Crippen LogP contribution < -0.4 is 4.90 Å². The van der Waals surface area contributed by atoms with Crippen molar-refractivity contribution in [2.75, 3.05) is 18.0 Å². The molecule has 0 aliphatic carbocycles. The predicted octanol–water partition coefficient (Wildman–Crippen LogP) is 2.21. The quantitative estimate of drug-likeness (QED) is 0.817. The number of rotatable bonds is 3. The minimum atomic E-state index is -0.248. The molecule has 0 radical (unpaired) electrons. The third-order valence-corrected chi connectivity index (χ3v) is 2.94. The van der Waals surface area contributed by atoms with Crippen molar-refractivity contribution in [1.29, 1.82) is 0 Å². The third-order valence-electron chi connectivity index (χ3n) is 2.94. The average molecular weight is 205 g/mol. The van der Waals surface area contributed by atoms with Gasteiger partial charge in [0, 0.05) is 18.8 Å². The van der Waals surface area contributed by atoms with Crippen molar-refractivity contribution in [3.05, 3.63) is 29.8 Å². The first-order valence-corrected chi connectivity index (χ1v) is 5.77. The van der Waals surface area contributed by atoms with E-state index in [1.165, 1.54) is 37.2 Å². The lowest BCUT2D eigenvalue weighted by molar-refractivity contribution is 0.195. The molecule has 1 N–H and O–H groups in total. The molecule has 0 unspecified atom stereocenters. The van der Waals surface area contributed by atoms with Crippen LogP contribution in [0, 0.1) is 0 Å². The zero-order chi connectivity index (χ0) is 10.7. The van der Waals surface area contributed by atoms with Gasteiger partial charge in [0.2, 0.25) is 0 Å². The minimum absolute atomic E-state index is 0.248. The van der Waals surface area contributed by atoms with Gasteiger partial charge in [-0.25, -0.2) is 0 Å². The minimum Gasteiger partial charge on any atom is -0.393 e. The number of benzene rings is 1. The Bertz CT molecular complexity index is 299. The Labute approximate surface area is 91.5 Å². The first-order chi connectivity index (χ1) is 7.25. The molecule has 1 fully saturated rings. The summed E-state index contributed by atoms with van der Waals surface area (Å²) in [7, 11) is 0. The smallest absolute Gasteiger partial charge is 0.0552 e. The van der Waals surface area contributed by atoms with E-state index in [4.69, 9.17) is 0 Å². The fraction of sp³-hybridized carbons (Fsp3) is 0.538. The Kier molecular flexibility index (Phi) is 3.27. The number of hydrogen-bond acceptors (Lipinski definition) is 2. The summed E-state index contributed by atoms with van der Waals surface area (Å²) >= 11 is 0. The summed E-state index contributed by atoms with van der Waals surface area (Å²) in [5.74, 6) is 0. The number of aliphatic hydroxyl groups excluding tert-OH is 1. The molecule has 1 atom stereocenters. The van der Waals surface area contributed by atoms with Crippen molar-refractivity contribution in [3.8, 4) is 0 Å². The van der Waals surface area contributed by atoms with E-state index in [1.807, 2.05) is 6.92 Å². The van der Waals surface area contributed by atoms with Crippen LogP contribution in [-0.2, 0) is 6.42 Å². The second-order valence-corrected chi connectivity index (χ2v) is 4.41. The molecule has 0 aromatic heterocycles. The van der Waals surface area contributed by atoms with Crippen LogP contribution in [0.25, 0.3) is 0 Å². The van der Waals surface area contributed by atoms with Crippen molar-refractivity contribution in [3.63, 3.8) is 0 Å². The van der Waals surface area contributed by atoms with Crippen LogP contribution in [0.2, 0.25) is 0 Å². The number of hydrogen-bond donors (Lipinski definition) is 1. The van der Waals surface area contributed by atoms with Crippen molar-refractivity contribution in [1.82, 2.24) is 0 Å². The van der Waals surface area contributed by atoms with Gasteiger partial charge in [-0.15, -0.1) is 0 Å². The van der Waals surface area contributed by atoms with E-state index in [1.54, 1.807) is 0 Å². The van der Waals surface area contributed by atoms with E-state index in [9.17, 15) is 5.11 Å². The van der Waals surface area contributed by atoms with Gasteiger partial charge in [-0.3, -0.25) is 0 Å². The molecule has 2 rings (SSSR count). The highest BCUT2D eigenvalue weighted by molar-refractivity contribution is 5.48.